The highest BCUT2D eigenvalue weighted by atomic mass is 16.3. The molecule has 1 N–H and O–H groups in total. The summed E-state index contributed by atoms with van der Waals surface area (Å²) in [5.74, 6) is 3.35. The lowest BCUT2D eigenvalue weighted by atomic mass is 9.41. The third kappa shape index (κ3) is 3.30. The van der Waals surface area contributed by atoms with E-state index >= 15 is 0 Å². The molecule has 8 atom stereocenters. The van der Waals surface area contributed by atoms with Crippen LogP contribution in [0.3, 0.4) is 0 Å². The normalized spacial score (nSPS) is 42.9. The van der Waals surface area contributed by atoms with Crippen LogP contribution in [0.25, 0.3) is 11.2 Å². The maximum atomic E-state index is 13.7. The predicted molar refractivity (Wildman–Crippen MR) is 126 cm³/mol. The molecule has 4 fully saturated rings. The summed E-state index contributed by atoms with van der Waals surface area (Å²) in [5.41, 5.74) is 2.00. The molecule has 2 heterocycles. The molecule has 2 aromatic rings. The van der Waals surface area contributed by atoms with Gasteiger partial charge in [0.1, 0.15) is 11.8 Å². The lowest BCUT2D eigenvalue weighted by Crippen LogP contribution is -2.57. The van der Waals surface area contributed by atoms with Crippen molar-refractivity contribution >= 4 is 16.9 Å². The van der Waals surface area contributed by atoms with Crippen molar-refractivity contribution in [3.05, 3.63) is 18.9 Å². The van der Waals surface area contributed by atoms with Gasteiger partial charge in [-0.1, -0.05) is 20.3 Å². The molecule has 4 saturated carbocycles. The van der Waals surface area contributed by atoms with Crippen molar-refractivity contribution in [3.63, 3.8) is 0 Å². The number of imidazole rings is 1. The number of nitrogens with zero attached hydrogens (tertiary/aromatic N) is 4. The van der Waals surface area contributed by atoms with E-state index in [0.29, 0.717) is 29.6 Å². The van der Waals surface area contributed by atoms with Crippen LogP contribution >= 0.6 is 0 Å². The van der Waals surface area contributed by atoms with Crippen molar-refractivity contribution in [3.8, 4) is 0 Å². The van der Waals surface area contributed by atoms with Crippen LogP contribution in [0.5, 0.6) is 0 Å². The predicted octanol–water partition coefficient (Wildman–Crippen LogP) is 4.81. The molecule has 0 aromatic carbocycles. The van der Waals surface area contributed by atoms with Crippen LogP contribution in [0.2, 0.25) is 0 Å². The number of fused-ring (bicyclic) bond motifs is 6. The Morgan fingerprint density at radius 1 is 1.06 bits per heavy atom. The number of aliphatic hydroxyl groups excluding tert-OH is 1. The summed E-state index contributed by atoms with van der Waals surface area (Å²) in [6.07, 6.45) is 16.5. The van der Waals surface area contributed by atoms with Gasteiger partial charge in [-0.2, -0.15) is 0 Å². The number of aliphatic hydroxyl groups is 1. The molecular formula is C27H38N4O2. The molecule has 33 heavy (non-hydrogen) atoms. The standard InChI is InChI=1S/C27H38N4O2/c1-26-10-8-18(32)12-17(26)6-7-19-20-4-3-5-22(27(20,2)11-9-21(19)26)24(33)14-31-16-30-23-13-28-15-29-25(23)31/h13,15-22,32H,3-12,14H2,1-2H3/t17-,18+,19-,20-,21?,22+,26-,27-/m0/s1. The molecule has 0 radical (unpaired) electrons. The topological polar surface area (TPSA) is 80.9 Å². The minimum absolute atomic E-state index is 0.0882. The fraction of sp³-hybridized carbons (Fsp3) is 0.778. The van der Waals surface area contributed by atoms with Gasteiger partial charge in [-0.25, -0.2) is 15.0 Å². The Hall–Kier alpha value is -1.82. The van der Waals surface area contributed by atoms with Crippen molar-refractivity contribution in [2.75, 3.05) is 0 Å². The fourth-order valence-corrected chi connectivity index (χ4v) is 9.17. The van der Waals surface area contributed by atoms with Crippen LogP contribution in [-0.4, -0.2) is 36.5 Å². The molecule has 4 aliphatic carbocycles. The highest BCUT2D eigenvalue weighted by Crippen LogP contribution is 2.66. The summed E-state index contributed by atoms with van der Waals surface area (Å²) < 4.78 is 1.91. The zero-order valence-corrected chi connectivity index (χ0v) is 20.1. The van der Waals surface area contributed by atoms with Crippen LogP contribution in [0.4, 0.5) is 0 Å². The van der Waals surface area contributed by atoms with Crippen molar-refractivity contribution in [1.29, 1.82) is 0 Å². The summed E-state index contributed by atoms with van der Waals surface area (Å²) in [4.78, 5) is 26.5. The summed E-state index contributed by atoms with van der Waals surface area (Å²) in [6, 6.07) is 0. The van der Waals surface area contributed by atoms with Gasteiger partial charge in [-0.15, -0.1) is 0 Å². The van der Waals surface area contributed by atoms with Crippen molar-refractivity contribution < 1.29 is 9.90 Å². The van der Waals surface area contributed by atoms with Gasteiger partial charge in [-0.3, -0.25) is 4.79 Å². The molecular weight excluding hydrogens is 412 g/mol. The molecule has 0 saturated heterocycles. The Labute approximate surface area is 196 Å². The fourth-order valence-electron chi connectivity index (χ4n) is 9.17. The first-order valence-corrected chi connectivity index (χ1v) is 13.2. The molecule has 0 amide bonds. The van der Waals surface area contributed by atoms with Gasteiger partial charge in [0.2, 0.25) is 0 Å². The van der Waals surface area contributed by atoms with E-state index in [1.54, 1.807) is 12.5 Å². The van der Waals surface area contributed by atoms with Crippen LogP contribution in [0.15, 0.2) is 18.9 Å². The Morgan fingerprint density at radius 3 is 2.76 bits per heavy atom. The van der Waals surface area contributed by atoms with E-state index in [0.717, 1.165) is 42.3 Å². The first-order valence-electron chi connectivity index (χ1n) is 13.2. The van der Waals surface area contributed by atoms with E-state index in [9.17, 15) is 9.90 Å². The summed E-state index contributed by atoms with van der Waals surface area (Å²) in [6.45, 7) is 5.36. The first-order chi connectivity index (χ1) is 15.9. The smallest absolute Gasteiger partial charge is 0.163 e. The first kappa shape index (κ1) is 21.7. The van der Waals surface area contributed by atoms with Gasteiger partial charge in [0.05, 0.1) is 25.2 Å². The number of aromatic nitrogens is 4. The highest BCUT2D eigenvalue weighted by molar-refractivity contribution is 5.83. The molecule has 178 valence electrons. The van der Waals surface area contributed by atoms with Gasteiger partial charge >= 0.3 is 0 Å². The third-order valence-electron chi connectivity index (χ3n) is 10.9. The molecule has 6 heteroatoms. The summed E-state index contributed by atoms with van der Waals surface area (Å²) in [5, 5.41) is 10.3. The number of hydrogen-bond donors (Lipinski definition) is 1. The van der Waals surface area contributed by atoms with E-state index in [2.05, 4.69) is 28.8 Å². The monoisotopic (exact) mass is 450 g/mol. The zero-order valence-electron chi connectivity index (χ0n) is 20.1. The Bertz CT molecular complexity index is 1050. The lowest BCUT2D eigenvalue weighted by Gasteiger charge is -2.63. The van der Waals surface area contributed by atoms with E-state index in [1.165, 1.54) is 51.3 Å². The zero-order chi connectivity index (χ0) is 22.8. The second-order valence-corrected chi connectivity index (χ2v) is 12.2. The van der Waals surface area contributed by atoms with Crippen molar-refractivity contribution in [2.24, 2.45) is 40.4 Å². The Kier molecular flexibility index (Phi) is 5.17. The largest absolute Gasteiger partial charge is 0.393 e. The maximum absolute atomic E-state index is 13.7. The quantitative estimate of drug-likeness (QED) is 0.726. The molecule has 6 nitrogen and oxygen atoms in total. The number of hydrogen-bond acceptors (Lipinski definition) is 5. The molecule has 6 rings (SSSR count). The number of ketones is 1. The average molecular weight is 451 g/mol. The minimum atomic E-state index is -0.0882. The second kappa shape index (κ2) is 7.86. The van der Waals surface area contributed by atoms with Crippen LogP contribution in [0.1, 0.15) is 78.1 Å². The minimum Gasteiger partial charge on any atom is -0.393 e. The highest BCUT2D eigenvalue weighted by Gasteiger charge is 2.59. The molecule has 1 unspecified atom stereocenters. The van der Waals surface area contributed by atoms with Gasteiger partial charge in [0.15, 0.2) is 11.4 Å². The molecule has 2 aromatic heterocycles. The van der Waals surface area contributed by atoms with Crippen LogP contribution < -0.4 is 0 Å². The van der Waals surface area contributed by atoms with Crippen LogP contribution in [-0.2, 0) is 11.3 Å². The molecule has 0 spiro atoms. The van der Waals surface area contributed by atoms with Crippen molar-refractivity contribution in [2.45, 2.75) is 90.7 Å². The number of rotatable bonds is 3. The van der Waals surface area contributed by atoms with Gasteiger partial charge in [0.25, 0.3) is 0 Å². The molecule has 0 aliphatic heterocycles. The van der Waals surface area contributed by atoms with Crippen LogP contribution in [0, 0.1) is 40.4 Å². The lowest BCUT2D eigenvalue weighted by molar-refractivity contribution is -0.160. The van der Waals surface area contributed by atoms with Gasteiger partial charge < -0.3 is 9.67 Å². The maximum Gasteiger partial charge on any atom is 0.163 e. The van der Waals surface area contributed by atoms with Crippen molar-refractivity contribution in [1.82, 2.24) is 19.5 Å². The summed E-state index contributed by atoms with van der Waals surface area (Å²) >= 11 is 0. The number of carbonyl (C=O) groups excluding carboxylic acids is 1. The van der Waals surface area contributed by atoms with E-state index in [4.69, 9.17) is 0 Å². The second-order valence-electron chi connectivity index (χ2n) is 12.2. The molecule has 4 aliphatic rings. The number of Topliss-reactive ketones (excluding diaryl/α,β-unsaturated/α-hetero) is 1. The third-order valence-corrected chi connectivity index (χ3v) is 10.9. The van der Waals surface area contributed by atoms with E-state index in [1.807, 2.05) is 4.57 Å². The van der Waals surface area contributed by atoms with E-state index < -0.39 is 0 Å². The SMILES string of the molecule is C[C@]12CCC3[C@@H](CC[C@H]4C[C@H](O)CC[C@]34C)[C@@H]1CCC[C@@H]2C(=O)Cn1cnc2cncnc21. The number of carbonyl (C=O) groups is 1. The Morgan fingerprint density at radius 2 is 1.88 bits per heavy atom. The van der Waals surface area contributed by atoms with E-state index in [-0.39, 0.29) is 17.4 Å². The van der Waals surface area contributed by atoms with Gasteiger partial charge in [-0.05, 0) is 92.3 Å². The average Bonchev–Trinajstić information content (AvgIpc) is 3.21. The van der Waals surface area contributed by atoms with Gasteiger partial charge in [0, 0.05) is 5.92 Å². The summed E-state index contributed by atoms with van der Waals surface area (Å²) in [7, 11) is 0. The molecule has 0 bridgehead atoms. The Balaban J connectivity index is 1.25.